The molecule has 5 heteroatoms. The molecule has 0 saturated heterocycles. The van der Waals surface area contributed by atoms with E-state index in [1.807, 2.05) is 30.3 Å². The number of rotatable bonds is 4. The normalized spacial score (nSPS) is 10.3. The molecule has 0 aliphatic carbocycles. The van der Waals surface area contributed by atoms with Crippen molar-refractivity contribution in [3.05, 3.63) is 58.7 Å². The predicted octanol–water partition coefficient (Wildman–Crippen LogP) is 4.76. The van der Waals surface area contributed by atoms with Crippen LogP contribution in [0.3, 0.4) is 0 Å². The van der Waals surface area contributed by atoms with E-state index in [-0.39, 0.29) is 12.4 Å². The summed E-state index contributed by atoms with van der Waals surface area (Å²) in [6.07, 6.45) is 0. The van der Waals surface area contributed by atoms with Gasteiger partial charge in [0.15, 0.2) is 12.4 Å². The molecule has 0 spiro atoms. The first kappa shape index (κ1) is 15.5. The molecule has 0 aliphatic heterocycles. The van der Waals surface area contributed by atoms with Gasteiger partial charge in [0.2, 0.25) is 0 Å². The minimum Gasteiger partial charge on any atom is -0.483 e. The minimum atomic E-state index is -0.00856. The smallest absolute Gasteiger partial charge is 0.200 e. The van der Waals surface area contributed by atoms with E-state index in [2.05, 4.69) is 67.8 Å². The summed E-state index contributed by atoms with van der Waals surface area (Å²) in [6.45, 7) is 0.0661. The molecule has 0 amide bonds. The van der Waals surface area contributed by atoms with Crippen molar-refractivity contribution < 1.29 is 9.53 Å². The molecule has 0 radical (unpaired) electrons. The largest absolute Gasteiger partial charge is 0.483 e. The highest BCUT2D eigenvalue weighted by molar-refractivity contribution is 14.1. The zero-order valence-corrected chi connectivity index (χ0v) is 16.2. The van der Waals surface area contributed by atoms with Crippen molar-refractivity contribution in [2.45, 2.75) is 0 Å². The molecule has 2 aromatic carbocycles. The van der Waals surface area contributed by atoms with Crippen LogP contribution in [0.25, 0.3) is 0 Å². The molecular formula is C14H9I3O2. The Labute approximate surface area is 152 Å². The van der Waals surface area contributed by atoms with Crippen LogP contribution in [0.4, 0.5) is 0 Å². The molecule has 0 heterocycles. The maximum Gasteiger partial charge on any atom is 0.200 e. The lowest BCUT2D eigenvalue weighted by atomic mass is 10.1. The second-order valence-corrected chi connectivity index (χ2v) is 7.35. The lowest BCUT2D eigenvalue weighted by molar-refractivity contribution is 0.0920. The molecule has 98 valence electrons. The molecule has 19 heavy (non-hydrogen) atoms. The maximum absolute atomic E-state index is 12.0. The minimum absolute atomic E-state index is 0.00856. The van der Waals surface area contributed by atoms with Crippen molar-refractivity contribution in [2.75, 3.05) is 6.61 Å². The Bertz CT molecular complexity index is 574. The van der Waals surface area contributed by atoms with Crippen molar-refractivity contribution >= 4 is 73.6 Å². The topological polar surface area (TPSA) is 26.3 Å². The van der Waals surface area contributed by atoms with Gasteiger partial charge in [-0.3, -0.25) is 4.79 Å². The van der Waals surface area contributed by atoms with Gasteiger partial charge in [0.05, 0.1) is 7.14 Å². The van der Waals surface area contributed by atoms with Gasteiger partial charge in [0.25, 0.3) is 0 Å². The van der Waals surface area contributed by atoms with Gasteiger partial charge in [-0.1, -0.05) is 30.3 Å². The number of carbonyl (C=O) groups is 1. The fourth-order valence-electron chi connectivity index (χ4n) is 1.51. The number of carbonyl (C=O) groups excluding carboxylic acids is 1. The summed E-state index contributed by atoms with van der Waals surface area (Å²) in [5, 5.41) is 0. The van der Waals surface area contributed by atoms with Crippen LogP contribution in [0.2, 0.25) is 0 Å². The molecule has 0 saturated carbocycles. The third-order valence-electron chi connectivity index (χ3n) is 2.41. The standard InChI is InChI=1S/C14H9I3O2/c15-10-6-11(16)14(12(17)7-10)19-8-13(18)9-4-2-1-3-5-9/h1-7H,8H2. The summed E-state index contributed by atoms with van der Waals surface area (Å²) >= 11 is 6.72. The zero-order chi connectivity index (χ0) is 13.8. The lowest BCUT2D eigenvalue weighted by Gasteiger charge is -2.10. The van der Waals surface area contributed by atoms with Gasteiger partial charge in [-0.25, -0.2) is 0 Å². The molecule has 0 aliphatic rings. The van der Waals surface area contributed by atoms with Gasteiger partial charge in [-0.15, -0.1) is 0 Å². The number of hydrogen-bond donors (Lipinski definition) is 0. The summed E-state index contributed by atoms with van der Waals surface area (Å²) < 4.78 is 8.88. The molecule has 0 atom stereocenters. The highest BCUT2D eigenvalue weighted by Gasteiger charge is 2.11. The lowest BCUT2D eigenvalue weighted by Crippen LogP contribution is -2.12. The van der Waals surface area contributed by atoms with Gasteiger partial charge >= 0.3 is 0 Å². The molecule has 0 fully saturated rings. The summed E-state index contributed by atoms with van der Waals surface area (Å²) in [4.78, 5) is 12.0. The van der Waals surface area contributed by atoms with Gasteiger partial charge in [0, 0.05) is 9.13 Å². The number of ether oxygens (including phenoxy) is 1. The van der Waals surface area contributed by atoms with Gasteiger partial charge in [0.1, 0.15) is 5.75 Å². The van der Waals surface area contributed by atoms with E-state index in [1.165, 1.54) is 0 Å². The van der Waals surface area contributed by atoms with Gasteiger partial charge < -0.3 is 4.74 Å². The van der Waals surface area contributed by atoms with Gasteiger partial charge in [-0.05, 0) is 79.9 Å². The maximum atomic E-state index is 12.0. The fraction of sp³-hybridized carbons (Fsp3) is 0.0714. The summed E-state index contributed by atoms with van der Waals surface area (Å²) in [5.74, 6) is 0.775. The highest BCUT2D eigenvalue weighted by Crippen LogP contribution is 2.29. The van der Waals surface area contributed by atoms with E-state index < -0.39 is 0 Å². The van der Waals surface area contributed by atoms with E-state index >= 15 is 0 Å². The number of Topliss-reactive ketones (excluding diaryl/α,β-unsaturated/α-hetero) is 1. The number of benzene rings is 2. The van der Waals surface area contributed by atoms with Crippen molar-refractivity contribution in [3.63, 3.8) is 0 Å². The first-order valence-corrected chi connectivity index (χ1v) is 8.67. The van der Waals surface area contributed by atoms with E-state index in [0.29, 0.717) is 5.56 Å². The van der Waals surface area contributed by atoms with Crippen LogP contribution in [0.15, 0.2) is 42.5 Å². The van der Waals surface area contributed by atoms with Crippen molar-refractivity contribution in [2.24, 2.45) is 0 Å². The Kier molecular flexibility index (Phi) is 5.87. The van der Waals surface area contributed by atoms with Gasteiger partial charge in [-0.2, -0.15) is 0 Å². The van der Waals surface area contributed by atoms with E-state index in [1.54, 1.807) is 12.1 Å². The monoisotopic (exact) mass is 590 g/mol. The predicted molar refractivity (Wildman–Crippen MR) is 101 cm³/mol. The Balaban J connectivity index is 2.10. The van der Waals surface area contributed by atoms with Crippen molar-refractivity contribution in [1.29, 1.82) is 0 Å². The SMILES string of the molecule is O=C(COc1c(I)cc(I)cc1I)c1ccccc1. The zero-order valence-electron chi connectivity index (χ0n) is 9.70. The average Bonchev–Trinajstić information content (AvgIpc) is 2.38. The molecule has 2 nitrogen and oxygen atoms in total. The third-order valence-corrected chi connectivity index (χ3v) is 4.63. The summed E-state index contributed by atoms with van der Waals surface area (Å²) in [6, 6.07) is 13.3. The molecule has 0 unspecified atom stereocenters. The van der Waals surface area contributed by atoms with Crippen LogP contribution in [0.1, 0.15) is 10.4 Å². The fourth-order valence-corrected chi connectivity index (χ4v) is 5.41. The molecule has 2 rings (SSSR count). The second-order valence-electron chi connectivity index (χ2n) is 3.78. The quantitative estimate of drug-likeness (QED) is 0.380. The first-order chi connectivity index (χ1) is 9.08. The number of ketones is 1. The molecule has 0 bridgehead atoms. The Morgan fingerprint density at radius 2 is 1.58 bits per heavy atom. The Morgan fingerprint density at radius 3 is 2.16 bits per heavy atom. The summed E-state index contributed by atoms with van der Waals surface area (Å²) in [5.41, 5.74) is 0.679. The number of hydrogen-bond acceptors (Lipinski definition) is 2. The van der Waals surface area contributed by atoms with Crippen LogP contribution in [-0.2, 0) is 0 Å². The highest BCUT2D eigenvalue weighted by atomic mass is 127. The van der Waals surface area contributed by atoms with Crippen LogP contribution >= 0.6 is 67.8 Å². The van der Waals surface area contributed by atoms with Crippen LogP contribution in [0, 0.1) is 10.7 Å². The Morgan fingerprint density at radius 1 is 1.00 bits per heavy atom. The van der Waals surface area contributed by atoms with E-state index in [4.69, 9.17) is 4.74 Å². The van der Waals surface area contributed by atoms with Crippen molar-refractivity contribution in [3.8, 4) is 5.75 Å². The van der Waals surface area contributed by atoms with Crippen LogP contribution < -0.4 is 4.74 Å². The average molecular weight is 590 g/mol. The molecule has 0 aromatic heterocycles. The van der Waals surface area contributed by atoms with Crippen molar-refractivity contribution in [1.82, 2.24) is 0 Å². The summed E-state index contributed by atoms with van der Waals surface area (Å²) in [7, 11) is 0. The van der Waals surface area contributed by atoms with Crippen LogP contribution in [0.5, 0.6) is 5.75 Å². The second kappa shape index (κ2) is 7.21. The van der Waals surface area contributed by atoms with E-state index in [0.717, 1.165) is 16.5 Å². The third kappa shape index (κ3) is 4.28. The molecular weight excluding hydrogens is 581 g/mol. The molecule has 2 aromatic rings. The molecule has 0 N–H and O–H groups in total. The van der Waals surface area contributed by atoms with E-state index in [9.17, 15) is 4.79 Å². The first-order valence-electron chi connectivity index (χ1n) is 5.43. The number of halogens is 3. The Hall–Kier alpha value is 0.1000. The van der Waals surface area contributed by atoms with Crippen LogP contribution in [-0.4, -0.2) is 12.4 Å².